The number of hydrogen-bond acceptors (Lipinski definition) is 0. The highest BCUT2D eigenvalue weighted by atomic mass is 14.4. The van der Waals surface area contributed by atoms with Crippen LogP contribution in [0.4, 0.5) is 0 Å². The van der Waals surface area contributed by atoms with Crippen LogP contribution in [0, 0.1) is 29.1 Å². The molecule has 0 fully saturated rings. The standard InChI is InChI=1S/C16H30/c1-9-11-12(3)13(4)14(5)15(6)16(7,8)10-2/h9-10,12-15H,1-2,11H2,3-8H3. The van der Waals surface area contributed by atoms with Crippen molar-refractivity contribution < 1.29 is 0 Å². The second kappa shape index (κ2) is 6.27. The lowest BCUT2D eigenvalue weighted by molar-refractivity contribution is 0.139. The van der Waals surface area contributed by atoms with Crippen molar-refractivity contribution in [3.05, 3.63) is 25.3 Å². The lowest BCUT2D eigenvalue weighted by atomic mass is 9.67. The van der Waals surface area contributed by atoms with E-state index < -0.39 is 0 Å². The second-order valence-electron chi connectivity index (χ2n) is 6.03. The Morgan fingerprint density at radius 2 is 1.50 bits per heavy atom. The van der Waals surface area contributed by atoms with Crippen molar-refractivity contribution in [3.8, 4) is 0 Å². The van der Waals surface area contributed by atoms with Gasteiger partial charge in [0.25, 0.3) is 0 Å². The molecule has 0 bridgehead atoms. The molecule has 94 valence electrons. The summed E-state index contributed by atoms with van der Waals surface area (Å²) in [5, 5.41) is 0. The Hall–Kier alpha value is -0.520. The van der Waals surface area contributed by atoms with Crippen molar-refractivity contribution in [2.24, 2.45) is 29.1 Å². The van der Waals surface area contributed by atoms with Crippen molar-refractivity contribution in [2.75, 3.05) is 0 Å². The molecule has 0 aliphatic heterocycles. The lowest BCUT2D eigenvalue weighted by Crippen LogP contribution is -2.31. The Labute approximate surface area is 103 Å². The van der Waals surface area contributed by atoms with Gasteiger partial charge in [-0.3, -0.25) is 0 Å². The predicted molar refractivity (Wildman–Crippen MR) is 75.4 cm³/mol. The minimum Gasteiger partial charge on any atom is -0.103 e. The molecule has 0 nitrogen and oxygen atoms in total. The maximum Gasteiger partial charge on any atom is -0.0149 e. The van der Waals surface area contributed by atoms with E-state index in [-0.39, 0.29) is 5.41 Å². The van der Waals surface area contributed by atoms with Gasteiger partial charge in [0.05, 0.1) is 0 Å². The summed E-state index contributed by atoms with van der Waals surface area (Å²) < 4.78 is 0. The molecule has 16 heavy (non-hydrogen) atoms. The first-order valence-electron chi connectivity index (χ1n) is 6.52. The lowest BCUT2D eigenvalue weighted by Gasteiger charge is -2.38. The van der Waals surface area contributed by atoms with E-state index in [9.17, 15) is 0 Å². The van der Waals surface area contributed by atoms with E-state index in [4.69, 9.17) is 0 Å². The molecule has 0 aliphatic rings. The van der Waals surface area contributed by atoms with Crippen LogP contribution in [-0.4, -0.2) is 0 Å². The molecule has 0 rings (SSSR count). The van der Waals surface area contributed by atoms with Crippen molar-refractivity contribution in [1.29, 1.82) is 0 Å². The summed E-state index contributed by atoms with van der Waals surface area (Å²) in [6, 6.07) is 0. The molecule has 0 radical (unpaired) electrons. The third-order valence-electron chi connectivity index (χ3n) is 4.75. The molecule has 4 atom stereocenters. The molecule has 0 heteroatoms. The predicted octanol–water partition coefficient (Wildman–Crippen LogP) is 5.32. The fraction of sp³-hybridized carbons (Fsp3) is 0.750. The smallest absolute Gasteiger partial charge is 0.0149 e. The third-order valence-corrected chi connectivity index (χ3v) is 4.75. The molecule has 0 aromatic carbocycles. The zero-order valence-electron chi connectivity index (χ0n) is 12.1. The van der Waals surface area contributed by atoms with Gasteiger partial charge < -0.3 is 0 Å². The molecule has 0 heterocycles. The van der Waals surface area contributed by atoms with E-state index in [0.29, 0.717) is 11.8 Å². The van der Waals surface area contributed by atoms with Crippen LogP contribution in [-0.2, 0) is 0 Å². The molecular weight excluding hydrogens is 192 g/mol. The summed E-state index contributed by atoms with van der Waals surface area (Å²) in [5.41, 5.74) is 0.224. The summed E-state index contributed by atoms with van der Waals surface area (Å²) in [6.07, 6.45) is 5.25. The summed E-state index contributed by atoms with van der Waals surface area (Å²) in [7, 11) is 0. The van der Waals surface area contributed by atoms with Crippen LogP contribution in [0.15, 0.2) is 25.3 Å². The highest BCUT2D eigenvalue weighted by Gasteiger charge is 2.31. The van der Waals surface area contributed by atoms with E-state index in [0.717, 1.165) is 18.3 Å². The topological polar surface area (TPSA) is 0 Å². The Bertz CT molecular complexity index is 224. The molecule has 0 aromatic rings. The van der Waals surface area contributed by atoms with Crippen LogP contribution in [0.1, 0.15) is 48.0 Å². The van der Waals surface area contributed by atoms with E-state index in [1.165, 1.54) is 0 Å². The first kappa shape index (κ1) is 15.5. The quantitative estimate of drug-likeness (QED) is 0.511. The number of allylic oxidation sites excluding steroid dienone is 2. The molecule has 0 aromatic heterocycles. The molecule has 4 unspecified atom stereocenters. The van der Waals surface area contributed by atoms with Crippen LogP contribution in [0.5, 0.6) is 0 Å². The minimum absolute atomic E-state index is 0.224. The second-order valence-corrected chi connectivity index (χ2v) is 6.03. The van der Waals surface area contributed by atoms with Crippen LogP contribution < -0.4 is 0 Å². The van der Waals surface area contributed by atoms with Crippen LogP contribution in [0.25, 0.3) is 0 Å². The average Bonchev–Trinajstić information content (AvgIpc) is 2.26. The summed E-state index contributed by atoms with van der Waals surface area (Å²) in [5.74, 6) is 2.82. The Morgan fingerprint density at radius 3 is 1.88 bits per heavy atom. The van der Waals surface area contributed by atoms with Crippen molar-refractivity contribution in [2.45, 2.75) is 48.0 Å². The molecule has 0 spiro atoms. The fourth-order valence-electron chi connectivity index (χ4n) is 2.31. The molecule has 0 aliphatic carbocycles. The summed E-state index contributed by atoms with van der Waals surface area (Å²) >= 11 is 0. The summed E-state index contributed by atoms with van der Waals surface area (Å²) in [4.78, 5) is 0. The zero-order chi connectivity index (χ0) is 12.9. The van der Waals surface area contributed by atoms with E-state index >= 15 is 0 Å². The van der Waals surface area contributed by atoms with Crippen molar-refractivity contribution >= 4 is 0 Å². The highest BCUT2D eigenvalue weighted by molar-refractivity contribution is 4.94. The normalized spacial score (nSPS) is 19.6. The number of hydrogen-bond donors (Lipinski definition) is 0. The van der Waals surface area contributed by atoms with Gasteiger partial charge in [-0.15, -0.1) is 13.2 Å². The number of rotatable bonds is 7. The molecule has 0 saturated heterocycles. The van der Waals surface area contributed by atoms with Gasteiger partial charge in [-0.05, 0) is 35.5 Å². The van der Waals surface area contributed by atoms with Gasteiger partial charge in [-0.2, -0.15) is 0 Å². The van der Waals surface area contributed by atoms with Crippen molar-refractivity contribution in [3.63, 3.8) is 0 Å². The maximum absolute atomic E-state index is 3.96. The monoisotopic (exact) mass is 222 g/mol. The van der Waals surface area contributed by atoms with Crippen LogP contribution >= 0.6 is 0 Å². The average molecular weight is 222 g/mol. The van der Waals surface area contributed by atoms with E-state index in [2.05, 4.69) is 60.8 Å². The zero-order valence-corrected chi connectivity index (χ0v) is 12.1. The Morgan fingerprint density at radius 1 is 1.00 bits per heavy atom. The first-order chi connectivity index (χ1) is 7.27. The van der Waals surface area contributed by atoms with Gasteiger partial charge in [0.15, 0.2) is 0 Å². The van der Waals surface area contributed by atoms with Crippen molar-refractivity contribution in [1.82, 2.24) is 0 Å². The van der Waals surface area contributed by atoms with Gasteiger partial charge in [0, 0.05) is 0 Å². The molecule has 0 saturated carbocycles. The molecule has 0 amide bonds. The third kappa shape index (κ3) is 3.81. The largest absolute Gasteiger partial charge is 0.103 e. The van der Waals surface area contributed by atoms with Gasteiger partial charge in [-0.25, -0.2) is 0 Å². The fourth-order valence-corrected chi connectivity index (χ4v) is 2.31. The first-order valence-corrected chi connectivity index (χ1v) is 6.52. The molecule has 0 N–H and O–H groups in total. The highest BCUT2D eigenvalue weighted by Crippen LogP contribution is 2.39. The van der Waals surface area contributed by atoms with Gasteiger partial charge in [-0.1, -0.05) is 53.7 Å². The Kier molecular flexibility index (Phi) is 6.07. The Balaban J connectivity index is 4.59. The van der Waals surface area contributed by atoms with Gasteiger partial charge >= 0.3 is 0 Å². The van der Waals surface area contributed by atoms with Gasteiger partial charge in [0.1, 0.15) is 0 Å². The maximum atomic E-state index is 3.96. The summed E-state index contributed by atoms with van der Waals surface area (Å²) in [6.45, 7) is 21.8. The van der Waals surface area contributed by atoms with E-state index in [1.807, 2.05) is 6.08 Å². The van der Waals surface area contributed by atoms with Gasteiger partial charge in [0.2, 0.25) is 0 Å². The SMILES string of the molecule is C=CCC(C)C(C)C(C)C(C)C(C)(C)C=C. The van der Waals surface area contributed by atoms with Crippen LogP contribution in [0.3, 0.4) is 0 Å². The molecular formula is C16H30. The van der Waals surface area contributed by atoms with Crippen LogP contribution in [0.2, 0.25) is 0 Å². The van der Waals surface area contributed by atoms with E-state index in [1.54, 1.807) is 0 Å². The minimum atomic E-state index is 0.224.